The summed E-state index contributed by atoms with van der Waals surface area (Å²) in [6, 6.07) is 0. The van der Waals surface area contributed by atoms with Crippen LogP contribution in [0.2, 0.25) is 0 Å². The number of ketones is 1. The minimum atomic E-state index is -1.39. The van der Waals surface area contributed by atoms with Crippen LogP contribution in [-0.2, 0) is 14.3 Å². The van der Waals surface area contributed by atoms with Gasteiger partial charge in [0, 0.05) is 17.8 Å². The zero-order chi connectivity index (χ0) is 29.0. The van der Waals surface area contributed by atoms with E-state index in [4.69, 9.17) is 4.74 Å². The van der Waals surface area contributed by atoms with Gasteiger partial charge in [-0.2, -0.15) is 0 Å². The highest BCUT2D eigenvalue weighted by Crippen LogP contribution is 2.61. The van der Waals surface area contributed by atoms with E-state index in [9.17, 15) is 19.8 Å². The van der Waals surface area contributed by atoms with Crippen molar-refractivity contribution in [3.05, 3.63) is 58.9 Å². The minimum absolute atomic E-state index is 0.0726. The van der Waals surface area contributed by atoms with E-state index in [-0.39, 0.29) is 46.7 Å². The Kier molecular flexibility index (Phi) is 7.61. The lowest BCUT2D eigenvalue weighted by atomic mass is 9.50. The van der Waals surface area contributed by atoms with Gasteiger partial charge in [-0.3, -0.25) is 4.79 Å². The number of carbonyl (C=O) groups is 2. The molecule has 2 fully saturated rings. The molecule has 5 aliphatic rings. The highest BCUT2D eigenvalue weighted by Gasteiger charge is 2.66. The van der Waals surface area contributed by atoms with Crippen molar-refractivity contribution >= 4 is 11.8 Å². The summed E-state index contributed by atoms with van der Waals surface area (Å²) in [6.45, 7) is 12.5. The van der Waals surface area contributed by atoms with Gasteiger partial charge in [-0.05, 0) is 83.0 Å². The van der Waals surface area contributed by atoms with Gasteiger partial charge in [0.15, 0.2) is 5.60 Å². The molecule has 218 valence electrons. The Morgan fingerprint density at radius 1 is 1.02 bits per heavy atom. The molecule has 0 aromatic carbocycles. The first-order valence-electron chi connectivity index (χ1n) is 15.6. The molecule has 1 spiro atoms. The zero-order valence-corrected chi connectivity index (χ0v) is 25.2. The fraction of sp³-hybridized carbons (Fsp3) is 0.657. The number of hydrogen-bond acceptors (Lipinski definition) is 5. The predicted octanol–water partition coefficient (Wildman–Crippen LogP) is 7.34. The Bertz CT molecular complexity index is 1220. The van der Waals surface area contributed by atoms with Gasteiger partial charge in [-0.25, -0.2) is 4.79 Å². The summed E-state index contributed by atoms with van der Waals surface area (Å²) in [4.78, 5) is 28.6. The molecule has 0 radical (unpaired) electrons. The predicted molar refractivity (Wildman–Crippen MR) is 157 cm³/mol. The maximum Gasteiger partial charge on any atom is 0.346 e. The molecular weight excluding hydrogens is 500 g/mol. The van der Waals surface area contributed by atoms with E-state index in [1.807, 2.05) is 6.92 Å². The Morgan fingerprint density at radius 3 is 2.45 bits per heavy atom. The Labute approximate surface area is 240 Å². The number of hydrogen-bond donors (Lipinski definition) is 2. The molecule has 5 heteroatoms. The zero-order valence-electron chi connectivity index (χ0n) is 25.2. The second kappa shape index (κ2) is 10.5. The van der Waals surface area contributed by atoms with Crippen molar-refractivity contribution in [3.63, 3.8) is 0 Å². The molecule has 2 N–H and O–H groups in total. The fourth-order valence-corrected chi connectivity index (χ4v) is 9.26. The van der Waals surface area contributed by atoms with Crippen molar-refractivity contribution in [2.24, 2.45) is 40.4 Å². The molecule has 9 atom stereocenters. The first-order chi connectivity index (χ1) is 19.0. The summed E-state index contributed by atoms with van der Waals surface area (Å²) in [7, 11) is 0. The van der Waals surface area contributed by atoms with Crippen molar-refractivity contribution in [2.45, 2.75) is 105 Å². The number of ether oxygens (including phenoxy) is 1. The summed E-state index contributed by atoms with van der Waals surface area (Å²) in [6.07, 6.45) is 18.2. The largest absolute Gasteiger partial charge is 0.511 e. The van der Waals surface area contributed by atoms with E-state index in [0.717, 1.165) is 37.7 Å². The molecule has 1 saturated heterocycles. The highest BCUT2D eigenvalue weighted by atomic mass is 16.6. The van der Waals surface area contributed by atoms with Crippen molar-refractivity contribution in [1.29, 1.82) is 0 Å². The van der Waals surface area contributed by atoms with Gasteiger partial charge in [-0.15, -0.1) is 0 Å². The van der Waals surface area contributed by atoms with Crippen molar-refractivity contribution in [1.82, 2.24) is 0 Å². The number of Topliss-reactive ketones (excluding diaryl/α,β-unsaturated/α-hetero) is 1. The lowest BCUT2D eigenvalue weighted by Crippen LogP contribution is -2.54. The molecule has 40 heavy (non-hydrogen) atoms. The molecule has 0 aromatic rings. The maximum atomic E-state index is 14.7. The van der Waals surface area contributed by atoms with Crippen LogP contribution >= 0.6 is 0 Å². The van der Waals surface area contributed by atoms with E-state index in [0.29, 0.717) is 19.3 Å². The summed E-state index contributed by atoms with van der Waals surface area (Å²) < 4.78 is 6.26. The molecule has 4 aliphatic carbocycles. The normalized spacial score (nSPS) is 45.5. The van der Waals surface area contributed by atoms with Gasteiger partial charge >= 0.3 is 5.97 Å². The van der Waals surface area contributed by atoms with Crippen LogP contribution in [0.3, 0.4) is 0 Å². The molecular formula is C35H48O5. The summed E-state index contributed by atoms with van der Waals surface area (Å²) >= 11 is 0. The summed E-state index contributed by atoms with van der Waals surface area (Å²) in [5, 5.41) is 23.8. The number of carbonyl (C=O) groups excluding carboxylic acids is 2. The van der Waals surface area contributed by atoms with Crippen LogP contribution in [0, 0.1) is 40.4 Å². The number of fused-ring (bicyclic) bond motifs is 4. The first kappa shape index (κ1) is 29.1. The Hall–Kier alpha value is -2.40. The van der Waals surface area contributed by atoms with Crippen LogP contribution in [0.1, 0.15) is 92.9 Å². The van der Waals surface area contributed by atoms with Crippen molar-refractivity contribution in [3.8, 4) is 0 Å². The van der Waals surface area contributed by atoms with E-state index in [1.54, 1.807) is 0 Å². The summed E-state index contributed by atoms with van der Waals surface area (Å²) in [5.74, 6) is -1.16. The summed E-state index contributed by atoms with van der Waals surface area (Å²) in [5.41, 5.74) is -0.888. The molecule has 1 heterocycles. The van der Waals surface area contributed by atoms with Crippen molar-refractivity contribution in [2.75, 3.05) is 0 Å². The number of allylic oxidation sites excluding steroid dienone is 6. The third-order valence-electron chi connectivity index (χ3n) is 11.5. The molecule has 2 bridgehead atoms. The van der Waals surface area contributed by atoms with Gasteiger partial charge in [-0.1, -0.05) is 74.8 Å². The molecule has 5 rings (SSSR count). The molecule has 0 aromatic heterocycles. The second-order valence-electron chi connectivity index (χ2n) is 13.5. The first-order valence-corrected chi connectivity index (χ1v) is 15.6. The molecule has 1 aliphatic heterocycles. The van der Waals surface area contributed by atoms with Crippen LogP contribution in [0.15, 0.2) is 58.9 Å². The topological polar surface area (TPSA) is 83.8 Å². The van der Waals surface area contributed by atoms with E-state index >= 15 is 0 Å². The van der Waals surface area contributed by atoms with Gasteiger partial charge in [0.25, 0.3) is 0 Å². The van der Waals surface area contributed by atoms with Crippen LogP contribution < -0.4 is 0 Å². The molecule has 0 amide bonds. The lowest BCUT2D eigenvalue weighted by molar-refractivity contribution is -0.162. The third-order valence-corrected chi connectivity index (χ3v) is 11.5. The van der Waals surface area contributed by atoms with Gasteiger partial charge in [0.1, 0.15) is 11.3 Å². The molecule has 1 saturated carbocycles. The Balaban J connectivity index is 1.76. The van der Waals surface area contributed by atoms with E-state index in [1.165, 1.54) is 5.57 Å². The second-order valence-corrected chi connectivity index (χ2v) is 13.5. The van der Waals surface area contributed by atoms with Crippen LogP contribution in [0.25, 0.3) is 0 Å². The average molecular weight is 549 g/mol. The maximum absolute atomic E-state index is 14.7. The lowest BCUT2D eigenvalue weighted by Gasteiger charge is -2.54. The van der Waals surface area contributed by atoms with Crippen LogP contribution in [0.5, 0.6) is 0 Å². The quantitative estimate of drug-likeness (QED) is 0.219. The number of aliphatic hydroxyl groups excluding tert-OH is 2. The van der Waals surface area contributed by atoms with Crippen LogP contribution in [0.4, 0.5) is 0 Å². The minimum Gasteiger partial charge on any atom is -0.511 e. The van der Waals surface area contributed by atoms with Gasteiger partial charge < -0.3 is 14.9 Å². The molecule has 9 unspecified atom stereocenters. The monoisotopic (exact) mass is 548 g/mol. The Morgan fingerprint density at radius 2 is 1.77 bits per heavy atom. The van der Waals surface area contributed by atoms with Gasteiger partial charge in [0.2, 0.25) is 5.78 Å². The standard InChI is InChI=1S/C35H48O5/c1-7-23-14-17-27-26(29(23)36)16-15-25-13-11-10-12-21(4)18-33(6)19-22(5)24(8-2)20-35(33)31(38)28(32(39)40-35)30(37)34(25,27)9-3/h10-11,15-16,18-19,23-27,29,36-37H,7-9,12-14,17,20H2,1-6H3/b11-10+,21-18+,30-28?. The third kappa shape index (κ3) is 4.05. The fourth-order valence-electron chi connectivity index (χ4n) is 9.26. The molecule has 5 nitrogen and oxygen atoms in total. The van der Waals surface area contributed by atoms with E-state index < -0.39 is 28.5 Å². The number of rotatable bonds is 3. The SMILES string of the molecule is CCC1CC23OC(=O)C(=C(O)C4(CC)C(C=CC5C(O)C(CC)CCC54)C/C=C/C/C(C)=C/C2(C)C=C1C)C3=O. The van der Waals surface area contributed by atoms with Gasteiger partial charge in [0.05, 0.1) is 11.5 Å². The number of aliphatic hydroxyl groups is 2. The van der Waals surface area contributed by atoms with Crippen LogP contribution in [-0.4, -0.2) is 33.7 Å². The number of esters is 1. The van der Waals surface area contributed by atoms with E-state index in [2.05, 4.69) is 71.1 Å². The smallest absolute Gasteiger partial charge is 0.346 e. The highest BCUT2D eigenvalue weighted by molar-refractivity contribution is 6.26. The average Bonchev–Trinajstić information content (AvgIpc) is 3.17. The van der Waals surface area contributed by atoms with Crippen molar-refractivity contribution < 1.29 is 24.5 Å².